The van der Waals surface area contributed by atoms with Crippen molar-refractivity contribution >= 4 is 11.3 Å². The Bertz CT molecular complexity index is 529. The number of hydrogen-bond donors (Lipinski definition) is 1. The van der Waals surface area contributed by atoms with Gasteiger partial charge in [0.1, 0.15) is 17.7 Å². The molecule has 0 saturated heterocycles. The number of nitrogens with zero attached hydrogens (tertiary/aromatic N) is 3. The van der Waals surface area contributed by atoms with Crippen LogP contribution in [0.4, 0.5) is 0 Å². The van der Waals surface area contributed by atoms with E-state index in [2.05, 4.69) is 36.1 Å². The van der Waals surface area contributed by atoms with E-state index in [9.17, 15) is 0 Å². The zero-order valence-electron chi connectivity index (χ0n) is 11.3. The second kappa shape index (κ2) is 5.20. The summed E-state index contributed by atoms with van der Waals surface area (Å²) in [7, 11) is 0. The molecule has 2 N–H and O–H groups in total. The molecule has 0 spiro atoms. The molecule has 0 radical (unpaired) electrons. The maximum atomic E-state index is 6.29. The van der Waals surface area contributed by atoms with Crippen LogP contribution in [0.1, 0.15) is 40.8 Å². The van der Waals surface area contributed by atoms with Gasteiger partial charge in [-0.2, -0.15) is 5.10 Å². The summed E-state index contributed by atoms with van der Waals surface area (Å²) in [6.07, 6.45) is 0.917. The minimum atomic E-state index is 0.0582. The lowest BCUT2D eigenvalue weighted by Gasteiger charge is -2.23. The molecule has 0 amide bonds. The fourth-order valence-electron chi connectivity index (χ4n) is 2.15. The van der Waals surface area contributed by atoms with Gasteiger partial charge in [-0.25, -0.2) is 9.67 Å². The molecule has 0 aliphatic heterocycles. The molecular weight excluding hydrogens is 244 g/mol. The van der Waals surface area contributed by atoms with Crippen molar-refractivity contribution in [2.45, 2.75) is 46.2 Å². The maximum Gasteiger partial charge on any atom is 0.147 e. The minimum Gasteiger partial charge on any atom is -0.326 e. The third-order valence-electron chi connectivity index (χ3n) is 3.10. The predicted molar refractivity (Wildman–Crippen MR) is 75.0 cm³/mol. The van der Waals surface area contributed by atoms with E-state index in [1.54, 1.807) is 11.3 Å². The first-order valence-electron chi connectivity index (χ1n) is 6.24. The summed E-state index contributed by atoms with van der Waals surface area (Å²) < 4.78 is 1.97. The first-order chi connectivity index (χ1) is 8.52. The van der Waals surface area contributed by atoms with E-state index in [0.717, 1.165) is 18.1 Å². The van der Waals surface area contributed by atoms with Crippen molar-refractivity contribution in [2.75, 3.05) is 0 Å². The standard InChI is InChI=1S/C13H20N4S/c1-5-11(14)13(12-7-6-8(2)18-12)17-10(4)15-9(3)16-17/h6-7,11,13H,5,14H2,1-4H3. The molecule has 2 rings (SSSR count). The van der Waals surface area contributed by atoms with Crippen molar-refractivity contribution in [3.8, 4) is 0 Å². The van der Waals surface area contributed by atoms with Crippen LogP contribution in [-0.4, -0.2) is 20.8 Å². The molecule has 18 heavy (non-hydrogen) atoms. The van der Waals surface area contributed by atoms with E-state index in [1.165, 1.54) is 9.75 Å². The summed E-state index contributed by atoms with van der Waals surface area (Å²) in [4.78, 5) is 6.94. The molecule has 0 bridgehead atoms. The Morgan fingerprint density at radius 1 is 1.33 bits per heavy atom. The van der Waals surface area contributed by atoms with Crippen molar-refractivity contribution in [3.05, 3.63) is 33.5 Å². The van der Waals surface area contributed by atoms with Crippen molar-refractivity contribution in [2.24, 2.45) is 5.73 Å². The van der Waals surface area contributed by atoms with Crippen LogP contribution < -0.4 is 5.73 Å². The number of rotatable bonds is 4. The van der Waals surface area contributed by atoms with Crippen molar-refractivity contribution in [1.29, 1.82) is 0 Å². The van der Waals surface area contributed by atoms with Gasteiger partial charge in [0.2, 0.25) is 0 Å². The molecule has 0 aromatic carbocycles. The van der Waals surface area contributed by atoms with Gasteiger partial charge < -0.3 is 5.73 Å². The van der Waals surface area contributed by atoms with Gasteiger partial charge in [0.05, 0.1) is 0 Å². The zero-order chi connectivity index (χ0) is 13.3. The van der Waals surface area contributed by atoms with E-state index in [0.29, 0.717) is 0 Å². The number of hydrogen-bond acceptors (Lipinski definition) is 4. The number of thiophene rings is 1. The molecule has 4 nitrogen and oxygen atoms in total. The topological polar surface area (TPSA) is 56.7 Å². The Balaban J connectivity index is 2.46. The highest BCUT2D eigenvalue weighted by Crippen LogP contribution is 2.29. The van der Waals surface area contributed by atoms with Crippen LogP contribution in [0, 0.1) is 20.8 Å². The summed E-state index contributed by atoms with van der Waals surface area (Å²) in [5.74, 6) is 1.72. The lowest BCUT2D eigenvalue weighted by Crippen LogP contribution is -2.33. The Hall–Kier alpha value is -1.20. The molecule has 98 valence electrons. The van der Waals surface area contributed by atoms with Gasteiger partial charge in [0.25, 0.3) is 0 Å². The van der Waals surface area contributed by atoms with Crippen LogP contribution in [0.3, 0.4) is 0 Å². The van der Waals surface area contributed by atoms with E-state index in [1.807, 2.05) is 18.5 Å². The molecule has 0 saturated carbocycles. The third-order valence-corrected chi connectivity index (χ3v) is 4.17. The fraction of sp³-hybridized carbons (Fsp3) is 0.538. The third kappa shape index (κ3) is 2.47. The SMILES string of the molecule is CCC(N)C(c1ccc(C)s1)n1nc(C)nc1C. The van der Waals surface area contributed by atoms with Gasteiger partial charge in [-0.05, 0) is 39.3 Å². The number of aryl methyl sites for hydroxylation is 3. The Morgan fingerprint density at radius 2 is 2.06 bits per heavy atom. The number of aromatic nitrogens is 3. The molecule has 2 heterocycles. The highest BCUT2D eigenvalue weighted by molar-refractivity contribution is 7.12. The quantitative estimate of drug-likeness (QED) is 0.923. The molecule has 2 unspecified atom stereocenters. The molecule has 2 aromatic heterocycles. The predicted octanol–water partition coefficient (Wildman–Crippen LogP) is 2.59. The van der Waals surface area contributed by atoms with Crippen molar-refractivity contribution < 1.29 is 0 Å². The van der Waals surface area contributed by atoms with Crippen molar-refractivity contribution in [3.63, 3.8) is 0 Å². The molecule has 2 atom stereocenters. The Labute approximate surface area is 112 Å². The average Bonchev–Trinajstić information content (AvgIpc) is 2.86. The lowest BCUT2D eigenvalue weighted by atomic mass is 10.1. The molecule has 0 aliphatic rings. The van der Waals surface area contributed by atoms with Crippen LogP contribution in [-0.2, 0) is 0 Å². The van der Waals surface area contributed by atoms with Gasteiger partial charge in [-0.15, -0.1) is 11.3 Å². The maximum absolute atomic E-state index is 6.29. The van der Waals surface area contributed by atoms with Gasteiger partial charge >= 0.3 is 0 Å². The Morgan fingerprint density at radius 3 is 2.50 bits per heavy atom. The van der Waals surface area contributed by atoms with Crippen LogP contribution in [0.5, 0.6) is 0 Å². The molecule has 2 aromatic rings. The van der Waals surface area contributed by atoms with Gasteiger partial charge in [-0.1, -0.05) is 6.92 Å². The van der Waals surface area contributed by atoms with Gasteiger partial charge in [0, 0.05) is 15.8 Å². The highest BCUT2D eigenvalue weighted by atomic mass is 32.1. The largest absolute Gasteiger partial charge is 0.326 e. The summed E-state index contributed by atoms with van der Waals surface area (Å²) in [5, 5.41) is 4.50. The molecule has 0 aliphatic carbocycles. The minimum absolute atomic E-state index is 0.0582. The summed E-state index contributed by atoms with van der Waals surface area (Å²) in [6, 6.07) is 4.43. The van der Waals surface area contributed by atoms with Crippen LogP contribution in [0.2, 0.25) is 0 Å². The van der Waals surface area contributed by atoms with Gasteiger partial charge in [0.15, 0.2) is 0 Å². The summed E-state index contributed by atoms with van der Waals surface area (Å²) >= 11 is 1.78. The summed E-state index contributed by atoms with van der Waals surface area (Å²) in [5.41, 5.74) is 6.29. The Kier molecular flexibility index (Phi) is 3.82. The zero-order valence-corrected chi connectivity index (χ0v) is 12.2. The van der Waals surface area contributed by atoms with E-state index >= 15 is 0 Å². The van der Waals surface area contributed by atoms with E-state index in [4.69, 9.17) is 5.73 Å². The second-order valence-electron chi connectivity index (χ2n) is 4.62. The second-order valence-corrected chi connectivity index (χ2v) is 5.94. The molecular formula is C13H20N4S. The van der Waals surface area contributed by atoms with Crippen LogP contribution in [0.25, 0.3) is 0 Å². The monoisotopic (exact) mass is 264 g/mol. The van der Waals surface area contributed by atoms with E-state index < -0.39 is 0 Å². The van der Waals surface area contributed by atoms with Gasteiger partial charge in [-0.3, -0.25) is 0 Å². The van der Waals surface area contributed by atoms with Crippen LogP contribution >= 0.6 is 11.3 Å². The number of nitrogens with two attached hydrogens (primary N) is 1. The lowest BCUT2D eigenvalue weighted by molar-refractivity contribution is 0.420. The van der Waals surface area contributed by atoms with Crippen LogP contribution in [0.15, 0.2) is 12.1 Å². The highest BCUT2D eigenvalue weighted by Gasteiger charge is 2.24. The summed E-state index contributed by atoms with van der Waals surface area (Å²) in [6.45, 7) is 8.12. The first-order valence-corrected chi connectivity index (χ1v) is 7.06. The normalized spacial score (nSPS) is 14.7. The fourth-order valence-corrected chi connectivity index (χ4v) is 3.19. The van der Waals surface area contributed by atoms with Crippen molar-refractivity contribution in [1.82, 2.24) is 14.8 Å². The molecule has 5 heteroatoms. The van der Waals surface area contributed by atoms with E-state index in [-0.39, 0.29) is 12.1 Å². The molecule has 0 fully saturated rings. The smallest absolute Gasteiger partial charge is 0.147 e. The average molecular weight is 264 g/mol. The first kappa shape index (κ1) is 13.2.